The van der Waals surface area contributed by atoms with Crippen molar-refractivity contribution < 1.29 is 14.0 Å². The molecule has 0 bridgehead atoms. The summed E-state index contributed by atoms with van der Waals surface area (Å²) in [4.78, 5) is 32.8. The fraction of sp³-hybridized carbons (Fsp3) is 0.207. The van der Waals surface area contributed by atoms with Crippen molar-refractivity contribution in [2.24, 2.45) is 11.3 Å². The molecule has 1 aliphatic heterocycles. The second-order valence-corrected chi connectivity index (χ2v) is 9.57. The maximum Gasteiger partial charge on any atom is 0.255 e. The minimum absolute atomic E-state index is 0.00235. The molecule has 1 aromatic heterocycles. The number of carbonyl (C=O) groups is 2. The van der Waals surface area contributed by atoms with E-state index < -0.39 is 5.41 Å². The SMILES string of the molecule is Cc1ccc(C2C=CC=C3C2C(C)(C)C(=O)N3c2ccccn2)cc1C(=O)Nc1ccc(F)cc1. The van der Waals surface area contributed by atoms with Gasteiger partial charge in [0, 0.05) is 35.0 Å². The molecule has 1 N–H and O–H groups in total. The lowest BCUT2D eigenvalue weighted by Crippen LogP contribution is -2.33. The Labute approximate surface area is 204 Å². The lowest BCUT2D eigenvalue weighted by atomic mass is 9.68. The van der Waals surface area contributed by atoms with Crippen LogP contribution in [0.15, 0.2) is 90.8 Å². The zero-order chi connectivity index (χ0) is 24.7. The van der Waals surface area contributed by atoms with E-state index in [0.29, 0.717) is 17.1 Å². The molecule has 0 radical (unpaired) electrons. The van der Waals surface area contributed by atoms with E-state index in [4.69, 9.17) is 0 Å². The Balaban J connectivity index is 1.49. The van der Waals surface area contributed by atoms with Crippen LogP contribution >= 0.6 is 0 Å². The number of amides is 2. The number of aryl methyl sites for hydroxylation is 1. The van der Waals surface area contributed by atoms with Crippen LogP contribution in [-0.4, -0.2) is 16.8 Å². The minimum Gasteiger partial charge on any atom is -0.322 e. The van der Waals surface area contributed by atoms with Crippen molar-refractivity contribution in [2.75, 3.05) is 10.2 Å². The van der Waals surface area contributed by atoms with E-state index >= 15 is 0 Å². The molecule has 0 saturated carbocycles. The highest BCUT2D eigenvalue weighted by Crippen LogP contribution is 2.53. The van der Waals surface area contributed by atoms with Crippen LogP contribution in [0.3, 0.4) is 0 Å². The maximum atomic E-state index is 13.6. The predicted molar refractivity (Wildman–Crippen MR) is 134 cm³/mol. The molecule has 35 heavy (non-hydrogen) atoms. The number of benzene rings is 2. The molecule has 2 aromatic carbocycles. The first-order valence-corrected chi connectivity index (χ1v) is 11.6. The van der Waals surface area contributed by atoms with Crippen LogP contribution in [0.5, 0.6) is 0 Å². The number of fused-ring (bicyclic) bond motifs is 1. The van der Waals surface area contributed by atoms with Crippen LogP contribution < -0.4 is 10.2 Å². The second kappa shape index (κ2) is 8.62. The Morgan fingerprint density at radius 3 is 2.57 bits per heavy atom. The Hall–Kier alpha value is -4.06. The van der Waals surface area contributed by atoms with Gasteiger partial charge in [-0.2, -0.15) is 0 Å². The third-order valence-corrected chi connectivity index (χ3v) is 6.92. The standard InChI is InChI=1S/C29H26FN3O2/c1-18-10-11-19(17-23(18)27(34)32-21-14-12-20(30)13-15-21)22-7-6-8-24-26(22)29(2,3)28(35)33(24)25-9-4-5-16-31-25/h4-17,22,26H,1-3H3,(H,32,34). The van der Waals surface area contributed by atoms with Crippen LogP contribution in [-0.2, 0) is 4.79 Å². The molecule has 5 rings (SSSR count). The lowest BCUT2D eigenvalue weighted by Gasteiger charge is -2.32. The lowest BCUT2D eigenvalue weighted by molar-refractivity contribution is -0.125. The number of carbonyl (C=O) groups excluding carboxylic acids is 2. The number of halogens is 1. The number of anilines is 2. The Morgan fingerprint density at radius 2 is 1.86 bits per heavy atom. The van der Waals surface area contributed by atoms with Crippen LogP contribution in [0.4, 0.5) is 15.9 Å². The van der Waals surface area contributed by atoms with Gasteiger partial charge < -0.3 is 5.32 Å². The number of allylic oxidation sites excluding steroid dienone is 4. The monoisotopic (exact) mass is 467 g/mol. The highest BCUT2D eigenvalue weighted by molar-refractivity contribution is 6.06. The van der Waals surface area contributed by atoms with Crippen molar-refractivity contribution in [3.05, 3.63) is 113 Å². The van der Waals surface area contributed by atoms with E-state index in [2.05, 4.69) is 16.4 Å². The highest BCUT2D eigenvalue weighted by Gasteiger charge is 2.54. The summed E-state index contributed by atoms with van der Waals surface area (Å²) in [6.07, 6.45) is 7.74. The zero-order valence-electron chi connectivity index (χ0n) is 19.8. The Kier molecular flexibility index (Phi) is 5.59. The first-order valence-electron chi connectivity index (χ1n) is 11.6. The number of rotatable bonds is 4. The minimum atomic E-state index is -0.666. The van der Waals surface area contributed by atoms with Crippen molar-refractivity contribution in [3.63, 3.8) is 0 Å². The van der Waals surface area contributed by atoms with E-state index in [1.807, 2.05) is 69.3 Å². The summed E-state index contributed by atoms with van der Waals surface area (Å²) in [5, 5.41) is 2.85. The third kappa shape index (κ3) is 3.95. The molecule has 2 unspecified atom stereocenters. The van der Waals surface area contributed by atoms with Gasteiger partial charge in [0.2, 0.25) is 5.91 Å². The average molecular weight is 468 g/mol. The molecule has 2 amide bonds. The van der Waals surface area contributed by atoms with Gasteiger partial charge in [-0.3, -0.25) is 14.5 Å². The van der Waals surface area contributed by atoms with Gasteiger partial charge in [0.25, 0.3) is 5.91 Å². The highest BCUT2D eigenvalue weighted by atomic mass is 19.1. The van der Waals surface area contributed by atoms with Gasteiger partial charge >= 0.3 is 0 Å². The molecule has 0 spiro atoms. The Morgan fingerprint density at radius 1 is 1.09 bits per heavy atom. The molecule has 5 nitrogen and oxygen atoms in total. The summed E-state index contributed by atoms with van der Waals surface area (Å²) in [6.45, 7) is 5.83. The summed E-state index contributed by atoms with van der Waals surface area (Å²) in [5.74, 6) is -0.219. The molecule has 1 aliphatic carbocycles. The first kappa shape index (κ1) is 22.7. The topological polar surface area (TPSA) is 62.3 Å². The number of hydrogen-bond donors (Lipinski definition) is 1. The van der Waals surface area contributed by atoms with Crippen molar-refractivity contribution >= 4 is 23.3 Å². The summed E-state index contributed by atoms with van der Waals surface area (Å²) in [5.41, 5.74) is 3.10. The van der Waals surface area contributed by atoms with Crippen molar-refractivity contribution in [1.29, 1.82) is 0 Å². The fourth-order valence-corrected chi connectivity index (χ4v) is 5.09. The van der Waals surface area contributed by atoms with Crippen LogP contribution in [0.1, 0.15) is 41.3 Å². The van der Waals surface area contributed by atoms with Crippen LogP contribution in [0.25, 0.3) is 0 Å². The van der Waals surface area contributed by atoms with Crippen LogP contribution in [0, 0.1) is 24.1 Å². The van der Waals surface area contributed by atoms with Gasteiger partial charge in [-0.25, -0.2) is 9.37 Å². The summed E-state index contributed by atoms with van der Waals surface area (Å²) in [7, 11) is 0. The number of nitrogens with zero attached hydrogens (tertiary/aromatic N) is 2. The quantitative estimate of drug-likeness (QED) is 0.511. The van der Waals surface area contributed by atoms with E-state index in [0.717, 1.165) is 16.8 Å². The molecule has 3 aromatic rings. The molecular weight excluding hydrogens is 441 g/mol. The van der Waals surface area contributed by atoms with Crippen molar-refractivity contribution in [1.82, 2.24) is 4.98 Å². The molecule has 2 heterocycles. The van der Waals surface area contributed by atoms with E-state index in [1.54, 1.807) is 11.1 Å². The molecule has 176 valence electrons. The predicted octanol–water partition coefficient (Wildman–Crippen LogP) is 6.01. The zero-order valence-corrected chi connectivity index (χ0v) is 19.8. The van der Waals surface area contributed by atoms with Crippen molar-refractivity contribution in [3.8, 4) is 0 Å². The van der Waals surface area contributed by atoms with Crippen LogP contribution in [0.2, 0.25) is 0 Å². The number of nitrogens with one attached hydrogen (secondary N) is 1. The van der Waals surface area contributed by atoms with E-state index in [-0.39, 0.29) is 29.5 Å². The molecule has 2 atom stereocenters. The van der Waals surface area contributed by atoms with Gasteiger partial charge in [0.05, 0.1) is 5.41 Å². The van der Waals surface area contributed by atoms with Gasteiger partial charge in [-0.15, -0.1) is 0 Å². The third-order valence-electron chi connectivity index (χ3n) is 6.92. The Bertz CT molecular complexity index is 1360. The second-order valence-electron chi connectivity index (χ2n) is 9.57. The maximum absolute atomic E-state index is 13.6. The van der Waals surface area contributed by atoms with Crippen molar-refractivity contribution in [2.45, 2.75) is 26.7 Å². The largest absolute Gasteiger partial charge is 0.322 e. The smallest absolute Gasteiger partial charge is 0.255 e. The fourth-order valence-electron chi connectivity index (χ4n) is 5.09. The normalized spacial score (nSPS) is 20.4. The van der Waals surface area contributed by atoms with E-state index in [1.165, 1.54) is 24.3 Å². The van der Waals surface area contributed by atoms with E-state index in [9.17, 15) is 14.0 Å². The summed E-state index contributed by atoms with van der Waals surface area (Å²) in [6, 6.07) is 17.1. The summed E-state index contributed by atoms with van der Waals surface area (Å²) < 4.78 is 13.2. The molecule has 2 aliphatic rings. The van der Waals surface area contributed by atoms with Gasteiger partial charge in [-0.1, -0.05) is 44.2 Å². The van der Waals surface area contributed by atoms with Gasteiger partial charge in [0.15, 0.2) is 0 Å². The molecule has 6 heteroatoms. The molecular formula is C29H26FN3O2. The first-order chi connectivity index (χ1) is 16.8. The van der Waals surface area contributed by atoms with Gasteiger partial charge in [-0.05, 0) is 66.6 Å². The number of pyridine rings is 1. The average Bonchev–Trinajstić information content (AvgIpc) is 3.06. The molecule has 1 fully saturated rings. The molecule has 1 saturated heterocycles. The van der Waals surface area contributed by atoms with Gasteiger partial charge in [0.1, 0.15) is 11.6 Å². The summed E-state index contributed by atoms with van der Waals surface area (Å²) >= 11 is 0. The number of hydrogen-bond acceptors (Lipinski definition) is 3. The number of aromatic nitrogens is 1.